The number of amides is 3. The van der Waals surface area contributed by atoms with Crippen molar-refractivity contribution in [1.29, 1.82) is 0 Å². The summed E-state index contributed by atoms with van der Waals surface area (Å²) in [6.45, 7) is 2.82. The molecule has 1 saturated carbocycles. The van der Waals surface area contributed by atoms with Crippen LogP contribution in [0.3, 0.4) is 0 Å². The summed E-state index contributed by atoms with van der Waals surface area (Å²) < 4.78 is 18.8. The summed E-state index contributed by atoms with van der Waals surface area (Å²) in [6.07, 6.45) is 3.70. The summed E-state index contributed by atoms with van der Waals surface area (Å²) in [4.78, 5) is 26.5. The minimum atomic E-state index is -0.409. The van der Waals surface area contributed by atoms with Crippen LogP contribution in [0, 0.1) is 11.7 Å². The lowest BCUT2D eigenvalue weighted by Crippen LogP contribution is -2.49. The Kier molecular flexibility index (Phi) is 5.64. The number of likely N-dealkylation sites (tertiary alicyclic amines) is 1. The van der Waals surface area contributed by atoms with Crippen molar-refractivity contribution in [3.8, 4) is 5.75 Å². The minimum absolute atomic E-state index is 0.0462. The van der Waals surface area contributed by atoms with Crippen LogP contribution in [-0.2, 0) is 4.79 Å². The van der Waals surface area contributed by atoms with Gasteiger partial charge in [0.15, 0.2) is 0 Å². The molecule has 0 bridgehead atoms. The molecule has 142 valence electrons. The van der Waals surface area contributed by atoms with Gasteiger partial charge < -0.3 is 20.3 Å². The molecule has 0 radical (unpaired) electrons. The van der Waals surface area contributed by atoms with Crippen molar-refractivity contribution < 1.29 is 18.7 Å². The highest BCUT2D eigenvalue weighted by molar-refractivity contribution is 5.81. The highest BCUT2D eigenvalue weighted by atomic mass is 19.1. The molecule has 1 heterocycles. The first-order valence-electron chi connectivity index (χ1n) is 9.17. The standard InChI is InChI=1S/C19H26FN3O3/c1-12(16-10-14(20)5-8-17(16)26-2)21-19(25)23-9-3-4-13(11-23)18(24)22-15-6-7-15/h5,8,10,12-13,15H,3-4,6-7,9,11H2,1-2H3,(H,21,25)(H,22,24)/t12-,13-/m0/s1. The van der Waals surface area contributed by atoms with Crippen molar-refractivity contribution in [2.45, 2.75) is 44.7 Å². The van der Waals surface area contributed by atoms with Gasteiger partial charge in [0.25, 0.3) is 0 Å². The monoisotopic (exact) mass is 363 g/mol. The predicted octanol–water partition coefficient (Wildman–Crippen LogP) is 2.60. The smallest absolute Gasteiger partial charge is 0.317 e. The third-order valence-corrected chi connectivity index (χ3v) is 5.00. The summed E-state index contributed by atoms with van der Waals surface area (Å²) in [7, 11) is 1.51. The molecular weight excluding hydrogens is 337 g/mol. The van der Waals surface area contributed by atoms with Crippen LogP contribution in [0.1, 0.15) is 44.2 Å². The molecule has 0 unspecified atom stereocenters. The fourth-order valence-corrected chi connectivity index (χ4v) is 3.32. The van der Waals surface area contributed by atoms with E-state index in [2.05, 4.69) is 10.6 Å². The normalized spacial score (nSPS) is 21.0. The van der Waals surface area contributed by atoms with Crippen LogP contribution in [0.15, 0.2) is 18.2 Å². The largest absolute Gasteiger partial charge is 0.496 e. The molecule has 2 N–H and O–H groups in total. The Bertz CT molecular complexity index is 678. The van der Waals surface area contributed by atoms with Gasteiger partial charge >= 0.3 is 6.03 Å². The highest BCUT2D eigenvalue weighted by Crippen LogP contribution is 2.27. The summed E-state index contributed by atoms with van der Waals surface area (Å²) in [5.41, 5.74) is 0.584. The van der Waals surface area contributed by atoms with Gasteiger partial charge in [-0.25, -0.2) is 9.18 Å². The Hall–Kier alpha value is -2.31. The number of piperidine rings is 1. The SMILES string of the molecule is COc1ccc(F)cc1[C@H](C)NC(=O)N1CCC[C@H](C(=O)NC2CC2)C1. The Labute approximate surface area is 153 Å². The Morgan fingerprint density at radius 3 is 2.77 bits per heavy atom. The summed E-state index contributed by atoms with van der Waals surface area (Å²) in [6, 6.07) is 3.91. The van der Waals surface area contributed by atoms with Crippen LogP contribution in [0.5, 0.6) is 5.75 Å². The topological polar surface area (TPSA) is 70.7 Å². The molecule has 1 saturated heterocycles. The van der Waals surface area contributed by atoms with Gasteiger partial charge in [-0.3, -0.25) is 4.79 Å². The number of benzene rings is 1. The second kappa shape index (κ2) is 7.93. The Balaban J connectivity index is 1.60. The first-order valence-corrected chi connectivity index (χ1v) is 9.17. The zero-order chi connectivity index (χ0) is 18.7. The number of hydrogen-bond donors (Lipinski definition) is 2. The Morgan fingerprint density at radius 2 is 2.08 bits per heavy atom. The molecule has 1 aliphatic heterocycles. The molecule has 1 aliphatic carbocycles. The second-order valence-corrected chi connectivity index (χ2v) is 7.13. The minimum Gasteiger partial charge on any atom is -0.496 e. The average molecular weight is 363 g/mol. The van der Waals surface area contributed by atoms with E-state index in [0.717, 1.165) is 25.7 Å². The molecule has 0 spiro atoms. The number of hydrogen-bond acceptors (Lipinski definition) is 3. The fourth-order valence-electron chi connectivity index (χ4n) is 3.32. The van der Waals surface area contributed by atoms with Crippen molar-refractivity contribution >= 4 is 11.9 Å². The lowest BCUT2D eigenvalue weighted by molar-refractivity contribution is -0.126. The van der Waals surface area contributed by atoms with E-state index in [4.69, 9.17) is 4.74 Å². The number of nitrogens with zero attached hydrogens (tertiary/aromatic N) is 1. The number of urea groups is 1. The van der Waals surface area contributed by atoms with E-state index in [1.54, 1.807) is 17.9 Å². The zero-order valence-corrected chi connectivity index (χ0v) is 15.3. The maximum Gasteiger partial charge on any atom is 0.317 e. The second-order valence-electron chi connectivity index (χ2n) is 7.13. The van der Waals surface area contributed by atoms with Crippen LogP contribution < -0.4 is 15.4 Å². The molecule has 0 aromatic heterocycles. The van der Waals surface area contributed by atoms with Crippen LogP contribution in [0.2, 0.25) is 0 Å². The first-order chi connectivity index (χ1) is 12.5. The Morgan fingerprint density at radius 1 is 1.31 bits per heavy atom. The van der Waals surface area contributed by atoms with Crippen LogP contribution in [-0.4, -0.2) is 43.1 Å². The fraction of sp³-hybridized carbons (Fsp3) is 0.579. The average Bonchev–Trinajstić information content (AvgIpc) is 3.45. The molecule has 1 aromatic carbocycles. The predicted molar refractivity (Wildman–Crippen MR) is 95.4 cm³/mol. The van der Waals surface area contributed by atoms with Gasteiger partial charge in [-0.05, 0) is 50.8 Å². The van der Waals surface area contributed by atoms with E-state index < -0.39 is 6.04 Å². The maximum absolute atomic E-state index is 13.6. The summed E-state index contributed by atoms with van der Waals surface area (Å²) >= 11 is 0. The molecule has 3 amide bonds. The van der Waals surface area contributed by atoms with Gasteiger partial charge in [0.05, 0.1) is 19.1 Å². The number of carbonyl (C=O) groups excluding carboxylic acids is 2. The molecule has 1 aromatic rings. The van der Waals surface area contributed by atoms with Crippen molar-refractivity contribution in [3.05, 3.63) is 29.6 Å². The van der Waals surface area contributed by atoms with Gasteiger partial charge in [0, 0.05) is 24.7 Å². The maximum atomic E-state index is 13.6. The van der Waals surface area contributed by atoms with Gasteiger partial charge in [0.2, 0.25) is 5.91 Å². The van der Waals surface area contributed by atoms with Crippen LogP contribution in [0.4, 0.5) is 9.18 Å². The van der Waals surface area contributed by atoms with Crippen molar-refractivity contribution in [1.82, 2.24) is 15.5 Å². The van der Waals surface area contributed by atoms with Gasteiger partial charge in [-0.2, -0.15) is 0 Å². The van der Waals surface area contributed by atoms with E-state index in [0.29, 0.717) is 30.4 Å². The number of methoxy groups -OCH3 is 1. The molecule has 2 atom stereocenters. The first kappa shape index (κ1) is 18.5. The molecular formula is C19H26FN3O3. The van der Waals surface area contributed by atoms with Crippen molar-refractivity contribution in [2.75, 3.05) is 20.2 Å². The molecule has 7 heteroatoms. The van der Waals surface area contributed by atoms with Gasteiger partial charge in [-0.1, -0.05) is 0 Å². The molecule has 26 heavy (non-hydrogen) atoms. The number of carbonyl (C=O) groups is 2. The van der Waals surface area contributed by atoms with Gasteiger partial charge in [-0.15, -0.1) is 0 Å². The van der Waals surface area contributed by atoms with Crippen molar-refractivity contribution in [2.24, 2.45) is 5.92 Å². The lowest BCUT2D eigenvalue weighted by atomic mass is 9.97. The number of halogens is 1. The number of nitrogens with one attached hydrogen (secondary N) is 2. The third kappa shape index (κ3) is 4.45. The zero-order valence-electron chi connectivity index (χ0n) is 15.3. The van der Waals surface area contributed by atoms with E-state index in [1.165, 1.54) is 19.2 Å². The van der Waals surface area contributed by atoms with E-state index in [-0.39, 0.29) is 23.7 Å². The number of rotatable bonds is 5. The van der Waals surface area contributed by atoms with E-state index in [1.807, 2.05) is 0 Å². The van der Waals surface area contributed by atoms with E-state index in [9.17, 15) is 14.0 Å². The molecule has 2 fully saturated rings. The third-order valence-electron chi connectivity index (χ3n) is 5.00. The summed E-state index contributed by atoms with van der Waals surface area (Å²) in [5, 5.41) is 5.90. The molecule has 3 rings (SSSR count). The van der Waals surface area contributed by atoms with Crippen LogP contribution in [0.25, 0.3) is 0 Å². The lowest BCUT2D eigenvalue weighted by Gasteiger charge is -2.33. The highest BCUT2D eigenvalue weighted by Gasteiger charge is 2.32. The molecule has 2 aliphatic rings. The number of ether oxygens (including phenoxy) is 1. The van der Waals surface area contributed by atoms with Gasteiger partial charge in [0.1, 0.15) is 11.6 Å². The van der Waals surface area contributed by atoms with Crippen LogP contribution >= 0.6 is 0 Å². The van der Waals surface area contributed by atoms with E-state index >= 15 is 0 Å². The molecule has 6 nitrogen and oxygen atoms in total. The summed E-state index contributed by atoms with van der Waals surface area (Å²) in [5.74, 6) is 0.0372. The quantitative estimate of drug-likeness (QED) is 0.845. The van der Waals surface area contributed by atoms with Crippen molar-refractivity contribution in [3.63, 3.8) is 0 Å².